The van der Waals surface area contributed by atoms with Gasteiger partial charge in [0.25, 0.3) is 0 Å². The van der Waals surface area contributed by atoms with E-state index in [-0.39, 0.29) is 6.10 Å². The molecule has 0 amide bonds. The van der Waals surface area contributed by atoms with Gasteiger partial charge in [0, 0.05) is 12.5 Å². The minimum Gasteiger partial charge on any atom is -0.377 e. The van der Waals surface area contributed by atoms with Crippen molar-refractivity contribution in [3.8, 4) is 0 Å². The molecule has 0 aliphatic heterocycles. The van der Waals surface area contributed by atoms with Gasteiger partial charge in [0.1, 0.15) is 0 Å². The smallest absolute Gasteiger partial charge is 0.0681 e. The third kappa shape index (κ3) is 3.71. The Morgan fingerprint density at radius 2 is 1.30 bits per heavy atom. The molecule has 1 heteroatoms. The first kappa shape index (κ1) is 14.8. The average Bonchev–Trinajstić information content (AvgIpc) is 2.53. The molecule has 0 spiro atoms. The van der Waals surface area contributed by atoms with Gasteiger partial charge in [-0.2, -0.15) is 0 Å². The van der Waals surface area contributed by atoms with Crippen LogP contribution in [0.3, 0.4) is 0 Å². The zero-order valence-electron chi connectivity index (χ0n) is 12.5. The first-order valence-electron chi connectivity index (χ1n) is 7.58. The van der Waals surface area contributed by atoms with Crippen LogP contribution in [0.25, 0.3) is 0 Å². The molecule has 0 fully saturated rings. The Morgan fingerprint density at radius 1 is 0.800 bits per heavy atom. The quantitative estimate of drug-likeness (QED) is 0.685. The van der Waals surface area contributed by atoms with Gasteiger partial charge in [-0.25, -0.2) is 0 Å². The van der Waals surface area contributed by atoms with Crippen LogP contribution in [0.5, 0.6) is 0 Å². The summed E-state index contributed by atoms with van der Waals surface area (Å²) in [6.45, 7) is 5.20. The lowest BCUT2D eigenvalue weighted by Gasteiger charge is -2.27. The second kappa shape index (κ2) is 7.86. The van der Waals surface area contributed by atoms with E-state index in [4.69, 9.17) is 4.74 Å². The molecule has 0 aliphatic rings. The minimum absolute atomic E-state index is 0.236. The van der Waals surface area contributed by atoms with Crippen molar-refractivity contribution in [3.63, 3.8) is 0 Å². The molecule has 0 bridgehead atoms. The lowest BCUT2D eigenvalue weighted by Crippen LogP contribution is -2.23. The van der Waals surface area contributed by atoms with E-state index in [9.17, 15) is 0 Å². The van der Waals surface area contributed by atoms with Crippen molar-refractivity contribution >= 4 is 0 Å². The molecule has 20 heavy (non-hydrogen) atoms. The Balaban J connectivity index is 2.33. The number of hydrogen-bond donors (Lipinski definition) is 0. The topological polar surface area (TPSA) is 9.23 Å². The monoisotopic (exact) mass is 268 g/mol. The molecule has 2 rings (SSSR count). The predicted octanol–water partition coefficient (Wildman–Crippen LogP) is 5.02. The fourth-order valence-corrected chi connectivity index (χ4v) is 2.66. The number of benzene rings is 2. The molecule has 106 valence electrons. The van der Waals surface area contributed by atoms with Crippen LogP contribution < -0.4 is 0 Å². The number of ether oxygens (including phenoxy) is 1. The molecule has 0 radical (unpaired) electrons. The Labute approximate surface area is 122 Å². The van der Waals surface area contributed by atoms with Crippen LogP contribution in [0, 0.1) is 0 Å². The average molecular weight is 268 g/mol. The number of hydrogen-bond acceptors (Lipinski definition) is 1. The molecule has 0 saturated carbocycles. The Hall–Kier alpha value is -1.60. The summed E-state index contributed by atoms with van der Waals surface area (Å²) in [5, 5.41) is 0. The lowest BCUT2D eigenvalue weighted by molar-refractivity contribution is 0.0401. The van der Waals surface area contributed by atoms with Gasteiger partial charge in [-0.15, -0.1) is 0 Å². The van der Waals surface area contributed by atoms with E-state index >= 15 is 0 Å². The van der Waals surface area contributed by atoms with Gasteiger partial charge in [-0.3, -0.25) is 0 Å². The molecule has 0 aromatic heterocycles. The second-order valence-corrected chi connectivity index (χ2v) is 5.12. The summed E-state index contributed by atoms with van der Waals surface area (Å²) >= 11 is 0. The van der Waals surface area contributed by atoms with Crippen molar-refractivity contribution in [2.45, 2.75) is 38.7 Å². The molecule has 2 aromatic rings. The van der Waals surface area contributed by atoms with E-state index in [0.29, 0.717) is 5.92 Å². The molecule has 0 aliphatic carbocycles. The standard InChI is InChI=1S/C19H24O/c1-3-15-20-18(4-2)19(16-11-7-5-8-12-16)17-13-9-6-10-14-17/h5-14,18-19H,3-4,15H2,1-2H3. The first-order valence-corrected chi connectivity index (χ1v) is 7.58. The van der Waals surface area contributed by atoms with E-state index in [0.717, 1.165) is 19.4 Å². The Kier molecular flexibility index (Phi) is 5.82. The van der Waals surface area contributed by atoms with E-state index < -0.39 is 0 Å². The van der Waals surface area contributed by atoms with E-state index in [1.54, 1.807) is 0 Å². The fraction of sp³-hybridized carbons (Fsp3) is 0.368. The van der Waals surface area contributed by atoms with E-state index in [1.807, 2.05) is 0 Å². The van der Waals surface area contributed by atoms with Crippen LogP contribution in [0.4, 0.5) is 0 Å². The minimum atomic E-state index is 0.236. The third-order valence-corrected chi connectivity index (χ3v) is 3.63. The van der Waals surface area contributed by atoms with Gasteiger partial charge in [-0.05, 0) is 24.0 Å². The molecular weight excluding hydrogens is 244 g/mol. The third-order valence-electron chi connectivity index (χ3n) is 3.63. The molecule has 1 atom stereocenters. The van der Waals surface area contributed by atoms with Gasteiger partial charge in [0.2, 0.25) is 0 Å². The highest BCUT2D eigenvalue weighted by atomic mass is 16.5. The van der Waals surface area contributed by atoms with E-state index in [1.165, 1.54) is 11.1 Å². The lowest BCUT2D eigenvalue weighted by atomic mass is 9.85. The molecule has 1 nitrogen and oxygen atoms in total. The molecule has 0 N–H and O–H groups in total. The summed E-state index contributed by atoms with van der Waals surface area (Å²) in [5.41, 5.74) is 2.67. The molecule has 1 unspecified atom stereocenters. The molecule has 2 aromatic carbocycles. The second-order valence-electron chi connectivity index (χ2n) is 5.12. The van der Waals surface area contributed by atoms with Gasteiger partial charge >= 0.3 is 0 Å². The van der Waals surface area contributed by atoms with Gasteiger partial charge in [0.05, 0.1) is 6.10 Å². The van der Waals surface area contributed by atoms with Crippen LogP contribution in [-0.4, -0.2) is 12.7 Å². The van der Waals surface area contributed by atoms with Crippen LogP contribution in [0.15, 0.2) is 60.7 Å². The first-order chi connectivity index (χ1) is 9.86. The highest BCUT2D eigenvalue weighted by Crippen LogP contribution is 2.31. The van der Waals surface area contributed by atoms with Crippen LogP contribution in [-0.2, 0) is 4.74 Å². The summed E-state index contributed by atoms with van der Waals surface area (Å²) < 4.78 is 6.11. The zero-order valence-corrected chi connectivity index (χ0v) is 12.5. The zero-order chi connectivity index (χ0) is 14.2. The number of rotatable bonds is 7. The largest absolute Gasteiger partial charge is 0.377 e. The summed E-state index contributed by atoms with van der Waals surface area (Å²) in [6, 6.07) is 21.4. The van der Waals surface area contributed by atoms with Gasteiger partial charge in [-0.1, -0.05) is 74.5 Å². The van der Waals surface area contributed by atoms with Crippen molar-refractivity contribution in [1.82, 2.24) is 0 Å². The van der Waals surface area contributed by atoms with Crippen LogP contribution >= 0.6 is 0 Å². The molecule has 0 heterocycles. The summed E-state index contributed by atoms with van der Waals surface area (Å²) in [4.78, 5) is 0. The van der Waals surface area contributed by atoms with E-state index in [2.05, 4.69) is 74.5 Å². The van der Waals surface area contributed by atoms with Crippen molar-refractivity contribution in [2.75, 3.05) is 6.61 Å². The highest BCUT2D eigenvalue weighted by molar-refractivity contribution is 5.33. The van der Waals surface area contributed by atoms with Crippen LogP contribution in [0.2, 0.25) is 0 Å². The van der Waals surface area contributed by atoms with Crippen molar-refractivity contribution in [2.24, 2.45) is 0 Å². The Morgan fingerprint density at radius 3 is 1.70 bits per heavy atom. The molecule has 0 saturated heterocycles. The maximum Gasteiger partial charge on any atom is 0.0681 e. The Bertz CT molecular complexity index is 438. The van der Waals surface area contributed by atoms with Crippen molar-refractivity contribution < 1.29 is 4.74 Å². The maximum atomic E-state index is 6.11. The van der Waals surface area contributed by atoms with Crippen molar-refractivity contribution in [1.29, 1.82) is 0 Å². The summed E-state index contributed by atoms with van der Waals surface area (Å²) in [5.74, 6) is 0.314. The van der Waals surface area contributed by atoms with Gasteiger partial charge in [0.15, 0.2) is 0 Å². The maximum absolute atomic E-state index is 6.11. The normalized spacial score (nSPS) is 12.6. The fourth-order valence-electron chi connectivity index (χ4n) is 2.66. The van der Waals surface area contributed by atoms with Crippen LogP contribution in [0.1, 0.15) is 43.7 Å². The van der Waals surface area contributed by atoms with Crippen molar-refractivity contribution in [3.05, 3.63) is 71.8 Å². The summed E-state index contributed by atoms with van der Waals surface area (Å²) in [6.07, 6.45) is 2.32. The highest BCUT2D eigenvalue weighted by Gasteiger charge is 2.23. The molecular formula is C19H24O. The SMILES string of the molecule is CCCOC(CC)C(c1ccccc1)c1ccccc1. The van der Waals surface area contributed by atoms with Gasteiger partial charge < -0.3 is 4.74 Å². The predicted molar refractivity (Wildman–Crippen MR) is 85.0 cm³/mol. The summed E-state index contributed by atoms with van der Waals surface area (Å²) in [7, 11) is 0.